The first kappa shape index (κ1) is 16.3. The fraction of sp³-hybridized carbons (Fsp3) is 0.538. The molecule has 0 saturated heterocycles. The molecule has 0 aliphatic carbocycles. The Morgan fingerprint density at radius 1 is 1.37 bits per heavy atom. The van der Waals surface area contributed by atoms with Gasteiger partial charge in [-0.1, -0.05) is 19.1 Å². The van der Waals surface area contributed by atoms with E-state index < -0.39 is 12.6 Å². The van der Waals surface area contributed by atoms with E-state index in [9.17, 15) is 13.2 Å². The van der Waals surface area contributed by atoms with E-state index in [1.165, 1.54) is 0 Å². The topological polar surface area (TPSA) is 35.2 Å². The predicted molar refractivity (Wildman–Crippen MR) is 72.3 cm³/mol. The number of hydrogen-bond acceptors (Lipinski definition) is 2. The van der Waals surface area contributed by atoms with Crippen LogP contribution in [0.2, 0.25) is 0 Å². The lowest BCUT2D eigenvalue weighted by Crippen LogP contribution is -2.22. The Morgan fingerprint density at radius 2 is 2.05 bits per heavy atom. The van der Waals surface area contributed by atoms with E-state index in [0.29, 0.717) is 16.6 Å². The quantitative estimate of drug-likeness (QED) is 0.848. The second-order valence-corrected chi connectivity index (χ2v) is 5.17. The van der Waals surface area contributed by atoms with Crippen molar-refractivity contribution in [1.82, 2.24) is 0 Å². The number of para-hydroxylation sites is 1. The van der Waals surface area contributed by atoms with Gasteiger partial charge >= 0.3 is 6.18 Å². The standard InChI is InChI=1S/C13H17BrF3NO/c1-2-10(18)8-9-4-3-5-11(14)12(9)19-7-6-13(15,16)17/h3-5,10H,2,6-8,18H2,1H3. The molecule has 0 fully saturated rings. The highest BCUT2D eigenvalue weighted by Gasteiger charge is 2.27. The molecular formula is C13H17BrF3NO. The summed E-state index contributed by atoms with van der Waals surface area (Å²) >= 11 is 3.29. The van der Waals surface area contributed by atoms with Gasteiger partial charge in [0.1, 0.15) is 5.75 Å². The van der Waals surface area contributed by atoms with Crippen LogP contribution in [-0.2, 0) is 6.42 Å². The number of nitrogens with two attached hydrogens (primary N) is 1. The molecular weight excluding hydrogens is 323 g/mol. The van der Waals surface area contributed by atoms with Gasteiger partial charge < -0.3 is 10.5 Å². The highest BCUT2D eigenvalue weighted by Crippen LogP contribution is 2.31. The number of benzene rings is 1. The number of halogens is 4. The molecule has 2 nitrogen and oxygen atoms in total. The van der Waals surface area contributed by atoms with Crippen LogP contribution in [0.25, 0.3) is 0 Å². The molecule has 1 atom stereocenters. The maximum atomic E-state index is 12.1. The van der Waals surface area contributed by atoms with E-state index in [1.807, 2.05) is 19.1 Å². The molecule has 19 heavy (non-hydrogen) atoms. The summed E-state index contributed by atoms with van der Waals surface area (Å²) < 4.78 is 42.3. The van der Waals surface area contributed by atoms with Crippen molar-refractivity contribution in [3.05, 3.63) is 28.2 Å². The zero-order valence-corrected chi connectivity index (χ0v) is 12.2. The van der Waals surface area contributed by atoms with E-state index in [1.54, 1.807) is 6.07 Å². The minimum Gasteiger partial charge on any atom is -0.492 e. The van der Waals surface area contributed by atoms with Crippen molar-refractivity contribution in [2.75, 3.05) is 6.61 Å². The molecule has 2 N–H and O–H groups in total. The normalized spacial score (nSPS) is 13.4. The average molecular weight is 340 g/mol. The predicted octanol–water partition coefficient (Wildman–Crippen LogP) is 4.06. The second kappa shape index (κ2) is 7.14. The van der Waals surface area contributed by atoms with Gasteiger partial charge in [0.25, 0.3) is 0 Å². The summed E-state index contributed by atoms with van der Waals surface area (Å²) in [5.74, 6) is 0.454. The van der Waals surface area contributed by atoms with Crippen LogP contribution in [0.5, 0.6) is 5.75 Å². The van der Waals surface area contributed by atoms with Gasteiger partial charge in [-0.3, -0.25) is 0 Å². The summed E-state index contributed by atoms with van der Waals surface area (Å²) in [7, 11) is 0. The van der Waals surface area contributed by atoms with Crippen LogP contribution in [0.1, 0.15) is 25.3 Å². The minimum absolute atomic E-state index is 0.0285. The lowest BCUT2D eigenvalue weighted by Gasteiger charge is -2.16. The molecule has 0 heterocycles. The number of alkyl halides is 3. The van der Waals surface area contributed by atoms with Gasteiger partial charge in [-0.2, -0.15) is 13.2 Å². The van der Waals surface area contributed by atoms with Gasteiger partial charge in [-0.15, -0.1) is 0 Å². The van der Waals surface area contributed by atoms with Gasteiger partial charge in [-0.25, -0.2) is 0 Å². The smallest absolute Gasteiger partial charge is 0.392 e. The Bertz CT molecular complexity index is 409. The van der Waals surface area contributed by atoms with Gasteiger partial charge in [0.2, 0.25) is 0 Å². The zero-order chi connectivity index (χ0) is 14.5. The first-order valence-corrected chi connectivity index (χ1v) is 6.85. The van der Waals surface area contributed by atoms with Crippen molar-refractivity contribution in [3.8, 4) is 5.75 Å². The van der Waals surface area contributed by atoms with Crippen molar-refractivity contribution >= 4 is 15.9 Å². The summed E-state index contributed by atoms with van der Waals surface area (Å²) in [6.45, 7) is 1.58. The highest BCUT2D eigenvalue weighted by molar-refractivity contribution is 9.10. The Labute approximate surface area is 119 Å². The molecule has 1 aromatic rings. The molecule has 108 valence electrons. The fourth-order valence-corrected chi connectivity index (χ4v) is 2.09. The van der Waals surface area contributed by atoms with Crippen LogP contribution >= 0.6 is 15.9 Å². The summed E-state index contributed by atoms with van der Waals surface area (Å²) in [5, 5.41) is 0. The van der Waals surface area contributed by atoms with Crippen LogP contribution in [0.4, 0.5) is 13.2 Å². The molecule has 1 unspecified atom stereocenters. The summed E-state index contributed by atoms with van der Waals surface area (Å²) in [6.07, 6.45) is -3.79. The molecule has 6 heteroatoms. The van der Waals surface area contributed by atoms with E-state index in [4.69, 9.17) is 10.5 Å². The largest absolute Gasteiger partial charge is 0.492 e. The van der Waals surface area contributed by atoms with E-state index in [0.717, 1.165) is 12.0 Å². The molecule has 0 aromatic heterocycles. The van der Waals surface area contributed by atoms with Crippen LogP contribution in [0.15, 0.2) is 22.7 Å². The summed E-state index contributed by atoms with van der Waals surface area (Å²) in [6, 6.07) is 5.35. The highest BCUT2D eigenvalue weighted by atomic mass is 79.9. The lowest BCUT2D eigenvalue weighted by atomic mass is 10.0. The second-order valence-electron chi connectivity index (χ2n) is 4.31. The summed E-state index contributed by atoms with van der Waals surface area (Å²) in [5.41, 5.74) is 6.70. The molecule has 0 aliphatic rings. The molecule has 0 aliphatic heterocycles. The van der Waals surface area contributed by atoms with Crippen LogP contribution in [0.3, 0.4) is 0 Å². The van der Waals surface area contributed by atoms with Crippen LogP contribution < -0.4 is 10.5 Å². The Balaban J connectivity index is 2.74. The number of rotatable bonds is 6. The van der Waals surface area contributed by atoms with Crippen molar-refractivity contribution in [3.63, 3.8) is 0 Å². The third-order valence-electron chi connectivity index (χ3n) is 2.69. The SMILES string of the molecule is CCC(N)Cc1cccc(Br)c1OCCC(F)(F)F. The van der Waals surface area contributed by atoms with Crippen LogP contribution in [0, 0.1) is 0 Å². The Hall–Kier alpha value is -0.750. The molecule has 0 spiro atoms. The summed E-state index contributed by atoms with van der Waals surface area (Å²) in [4.78, 5) is 0. The molecule has 0 radical (unpaired) electrons. The van der Waals surface area contributed by atoms with Crippen molar-refractivity contribution in [2.45, 2.75) is 38.4 Å². The van der Waals surface area contributed by atoms with Gasteiger partial charge in [0.05, 0.1) is 17.5 Å². The van der Waals surface area contributed by atoms with E-state index in [-0.39, 0.29) is 12.6 Å². The first-order chi connectivity index (χ1) is 8.83. The van der Waals surface area contributed by atoms with E-state index >= 15 is 0 Å². The monoisotopic (exact) mass is 339 g/mol. The maximum Gasteiger partial charge on any atom is 0.392 e. The molecule has 0 saturated carbocycles. The number of hydrogen-bond donors (Lipinski definition) is 1. The van der Waals surface area contributed by atoms with Gasteiger partial charge in [0, 0.05) is 6.04 Å². The molecule has 1 aromatic carbocycles. The van der Waals surface area contributed by atoms with Crippen LogP contribution in [-0.4, -0.2) is 18.8 Å². The third-order valence-corrected chi connectivity index (χ3v) is 3.31. The number of ether oxygens (including phenoxy) is 1. The van der Waals surface area contributed by atoms with Gasteiger partial charge in [-0.05, 0) is 40.4 Å². The maximum absolute atomic E-state index is 12.1. The average Bonchev–Trinajstić information content (AvgIpc) is 2.31. The lowest BCUT2D eigenvalue weighted by molar-refractivity contribution is -0.139. The Morgan fingerprint density at radius 3 is 2.63 bits per heavy atom. The molecule has 0 amide bonds. The molecule has 1 rings (SSSR count). The van der Waals surface area contributed by atoms with Crippen molar-refractivity contribution in [1.29, 1.82) is 0 Å². The molecule has 0 bridgehead atoms. The van der Waals surface area contributed by atoms with Crippen molar-refractivity contribution < 1.29 is 17.9 Å². The minimum atomic E-state index is -4.21. The Kier molecular flexibility index (Phi) is 6.13. The fourth-order valence-electron chi connectivity index (χ4n) is 1.57. The van der Waals surface area contributed by atoms with Crippen molar-refractivity contribution in [2.24, 2.45) is 5.73 Å². The zero-order valence-electron chi connectivity index (χ0n) is 10.6. The third kappa shape index (κ3) is 5.82. The first-order valence-electron chi connectivity index (χ1n) is 6.06. The van der Waals surface area contributed by atoms with E-state index in [2.05, 4.69) is 15.9 Å². The van der Waals surface area contributed by atoms with Gasteiger partial charge in [0.15, 0.2) is 0 Å².